The van der Waals surface area contributed by atoms with Crippen LogP contribution in [-0.4, -0.2) is 34.9 Å². The first-order valence-electron chi connectivity index (χ1n) is 7.97. The number of aromatic nitrogens is 6. The molecule has 136 valence electrons. The Morgan fingerprint density at radius 2 is 2.07 bits per heavy atom. The van der Waals surface area contributed by atoms with Crippen molar-refractivity contribution < 1.29 is 4.92 Å². The minimum absolute atomic E-state index is 0.0202. The van der Waals surface area contributed by atoms with E-state index in [-0.39, 0.29) is 11.6 Å². The summed E-state index contributed by atoms with van der Waals surface area (Å²) in [6, 6.07) is 7.05. The molecule has 0 bridgehead atoms. The monoisotopic (exact) mass is 365 g/mol. The van der Waals surface area contributed by atoms with E-state index in [1.54, 1.807) is 4.68 Å². The van der Waals surface area contributed by atoms with Gasteiger partial charge in [0.15, 0.2) is 11.2 Å². The molecule has 11 heteroatoms. The van der Waals surface area contributed by atoms with Crippen LogP contribution in [0, 0.1) is 17.0 Å². The van der Waals surface area contributed by atoms with Gasteiger partial charge in [-0.2, -0.15) is 4.98 Å². The molecule has 0 saturated heterocycles. The van der Waals surface area contributed by atoms with Crippen LogP contribution in [0.3, 0.4) is 0 Å². The summed E-state index contributed by atoms with van der Waals surface area (Å²) in [5.41, 5.74) is 15.9. The summed E-state index contributed by atoms with van der Waals surface area (Å²) in [6.45, 7) is 2.34. The smallest absolute Gasteiger partial charge is 0.287 e. The minimum Gasteiger partial charge on any atom is -0.399 e. The number of nitrogens with one attached hydrogen (secondary N) is 1. The third-order valence-electron chi connectivity index (χ3n) is 4.18. The van der Waals surface area contributed by atoms with E-state index >= 15 is 0 Å². The van der Waals surface area contributed by atoms with Gasteiger partial charge in [-0.05, 0) is 24.1 Å². The molecule has 0 fully saturated rings. The van der Waals surface area contributed by atoms with Crippen LogP contribution in [0.4, 0.5) is 17.3 Å². The molecule has 0 atom stereocenters. The number of H-pyrrole nitrogens is 1. The van der Waals surface area contributed by atoms with Gasteiger partial charge >= 0.3 is 0 Å². The Morgan fingerprint density at radius 1 is 1.26 bits per heavy atom. The Labute approximate surface area is 152 Å². The Hall–Kier alpha value is -4.02. The second kappa shape index (κ2) is 6.05. The molecule has 0 saturated carbocycles. The molecule has 0 aliphatic rings. The van der Waals surface area contributed by atoms with Crippen LogP contribution >= 0.6 is 0 Å². The molecule has 4 aromatic rings. The van der Waals surface area contributed by atoms with Crippen LogP contribution < -0.4 is 11.5 Å². The lowest BCUT2D eigenvalue weighted by Gasteiger charge is -2.06. The van der Waals surface area contributed by atoms with E-state index in [2.05, 4.69) is 25.3 Å². The Morgan fingerprint density at radius 3 is 2.78 bits per heavy atom. The zero-order chi connectivity index (χ0) is 19.1. The number of rotatable bonds is 4. The number of nitrogen functional groups attached to an aromatic ring is 2. The lowest BCUT2D eigenvalue weighted by atomic mass is 10.1. The van der Waals surface area contributed by atoms with Gasteiger partial charge in [-0.25, -0.2) is 9.67 Å². The molecule has 4 rings (SSSR count). The molecule has 0 amide bonds. The van der Waals surface area contributed by atoms with Crippen molar-refractivity contribution in [3.8, 4) is 11.4 Å². The zero-order valence-electron chi connectivity index (χ0n) is 14.2. The SMILES string of the molecule is Cc1cc(Cn2nnc3c(-c4cc([N+](=O)[O-])c[nH]4)nc(N)nc32)ccc1N. The first-order chi connectivity index (χ1) is 12.9. The van der Waals surface area contributed by atoms with E-state index in [4.69, 9.17) is 11.5 Å². The molecule has 1 aromatic carbocycles. The normalized spacial score (nSPS) is 11.1. The molecular formula is C16H15N9O2. The number of hydrogen-bond donors (Lipinski definition) is 3. The Bertz CT molecular complexity index is 1180. The highest BCUT2D eigenvalue weighted by Gasteiger charge is 2.19. The minimum atomic E-state index is -0.498. The highest BCUT2D eigenvalue weighted by molar-refractivity contribution is 5.87. The second-order valence-electron chi connectivity index (χ2n) is 6.07. The van der Waals surface area contributed by atoms with Gasteiger partial charge in [0, 0.05) is 11.8 Å². The molecular weight excluding hydrogens is 350 g/mol. The number of aryl methyl sites for hydroxylation is 1. The predicted octanol–water partition coefficient (Wildman–Crippen LogP) is 1.65. The van der Waals surface area contributed by atoms with Gasteiger partial charge in [0.2, 0.25) is 5.95 Å². The van der Waals surface area contributed by atoms with Crippen molar-refractivity contribution in [2.24, 2.45) is 0 Å². The van der Waals surface area contributed by atoms with E-state index < -0.39 is 4.92 Å². The maximum absolute atomic E-state index is 10.9. The molecule has 0 radical (unpaired) electrons. The number of aromatic amines is 1. The summed E-state index contributed by atoms with van der Waals surface area (Å²) >= 11 is 0. The van der Waals surface area contributed by atoms with Crippen LogP contribution in [-0.2, 0) is 6.54 Å². The van der Waals surface area contributed by atoms with Crippen molar-refractivity contribution in [2.45, 2.75) is 13.5 Å². The molecule has 5 N–H and O–H groups in total. The molecule has 0 aliphatic carbocycles. The third-order valence-corrected chi connectivity index (χ3v) is 4.18. The van der Waals surface area contributed by atoms with Gasteiger partial charge in [0.1, 0.15) is 5.69 Å². The molecule has 3 aromatic heterocycles. The van der Waals surface area contributed by atoms with Gasteiger partial charge in [-0.1, -0.05) is 17.3 Å². The van der Waals surface area contributed by atoms with E-state index in [1.165, 1.54) is 12.3 Å². The lowest BCUT2D eigenvalue weighted by molar-refractivity contribution is -0.384. The van der Waals surface area contributed by atoms with Crippen LogP contribution in [0.5, 0.6) is 0 Å². The molecule has 0 spiro atoms. The van der Waals surface area contributed by atoms with Crippen LogP contribution in [0.2, 0.25) is 0 Å². The van der Waals surface area contributed by atoms with Crippen molar-refractivity contribution in [1.82, 2.24) is 29.9 Å². The Balaban J connectivity index is 1.79. The Kier molecular flexibility index (Phi) is 3.69. The van der Waals surface area contributed by atoms with Crippen molar-refractivity contribution in [1.29, 1.82) is 0 Å². The number of benzene rings is 1. The number of anilines is 2. The molecule has 11 nitrogen and oxygen atoms in total. The first kappa shape index (κ1) is 16.4. The largest absolute Gasteiger partial charge is 0.399 e. The molecule has 3 heterocycles. The summed E-state index contributed by atoms with van der Waals surface area (Å²) in [4.78, 5) is 21.6. The van der Waals surface area contributed by atoms with Crippen molar-refractivity contribution >= 4 is 28.5 Å². The summed E-state index contributed by atoms with van der Waals surface area (Å²) in [7, 11) is 0. The molecule has 0 unspecified atom stereocenters. The summed E-state index contributed by atoms with van der Waals surface area (Å²) in [6.07, 6.45) is 1.28. The summed E-state index contributed by atoms with van der Waals surface area (Å²) in [5, 5.41) is 19.2. The van der Waals surface area contributed by atoms with Gasteiger partial charge in [-0.3, -0.25) is 10.1 Å². The fourth-order valence-electron chi connectivity index (χ4n) is 2.80. The van der Waals surface area contributed by atoms with Crippen LogP contribution in [0.1, 0.15) is 11.1 Å². The van der Waals surface area contributed by atoms with E-state index in [9.17, 15) is 10.1 Å². The number of nitrogens with zero attached hydrogens (tertiary/aromatic N) is 6. The highest BCUT2D eigenvalue weighted by Crippen LogP contribution is 2.27. The van der Waals surface area contributed by atoms with E-state index in [1.807, 2.05) is 25.1 Å². The average Bonchev–Trinajstić information content (AvgIpc) is 3.25. The predicted molar refractivity (Wildman–Crippen MR) is 98.7 cm³/mol. The van der Waals surface area contributed by atoms with Crippen molar-refractivity contribution in [3.05, 3.63) is 51.7 Å². The van der Waals surface area contributed by atoms with E-state index in [0.717, 1.165) is 11.1 Å². The van der Waals surface area contributed by atoms with Crippen molar-refractivity contribution in [3.63, 3.8) is 0 Å². The quantitative estimate of drug-likeness (QED) is 0.278. The maximum atomic E-state index is 10.9. The summed E-state index contributed by atoms with van der Waals surface area (Å²) < 4.78 is 1.60. The van der Waals surface area contributed by atoms with Crippen LogP contribution in [0.25, 0.3) is 22.6 Å². The highest BCUT2D eigenvalue weighted by atomic mass is 16.6. The summed E-state index contributed by atoms with van der Waals surface area (Å²) in [5.74, 6) is 0.0202. The van der Waals surface area contributed by atoms with Gasteiger partial charge in [-0.15, -0.1) is 5.10 Å². The standard InChI is InChI=1S/C16H15N9O2/c1-8-4-9(2-3-11(8)17)7-24-15-14(22-23-24)13(20-16(18)21-15)12-5-10(6-19-12)25(26)27/h2-6,19H,7,17H2,1H3,(H2,18,20,21). The van der Waals surface area contributed by atoms with Crippen LogP contribution in [0.15, 0.2) is 30.5 Å². The number of hydrogen-bond acceptors (Lipinski definition) is 8. The lowest BCUT2D eigenvalue weighted by Crippen LogP contribution is -2.05. The number of fused-ring (bicyclic) bond motifs is 1. The number of nitro groups is 1. The maximum Gasteiger partial charge on any atom is 0.287 e. The van der Waals surface area contributed by atoms with Gasteiger partial charge < -0.3 is 16.5 Å². The fraction of sp³-hybridized carbons (Fsp3) is 0.125. The average molecular weight is 365 g/mol. The molecule has 27 heavy (non-hydrogen) atoms. The second-order valence-corrected chi connectivity index (χ2v) is 6.07. The first-order valence-corrected chi connectivity index (χ1v) is 7.97. The van der Waals surface area contributed by atoms with Gasteiger partial charge in [0.05, 0.1) is 23.4 Å². The topological polar surface area (TPSA) is 167 Å². The van der Waals surface area contributed by atoms with Gasteiger partial charge in [0.25, 0.3) is 5.69 Å². The fourth-order valence-corrected chi connectivity index (χ4v) is 2.80. The third kappa shape index (κ3) is 2.90. The zero-order valence-corrected chi connectivity index (χ0v) is 14.2. The van der Waals surface area contributed by atoms with E-state index in [0.29, 0.717) is 34.8 Å². The van der Waals surface area contributed by atoms with Crippen molar-refractivity contribution in [2.75, 3.05) is 11.5 Å². The number of nitrogens with two attached hydrogens (primary N) is 2. The molecule has 0 aliphatic heterocycles.